The highest BCUT2D eigenvalue weighted by Crippen LogP contribution is 2.38. The van der Waals surface area contributed by atoms with Crippen LogP contribution in [0.1, 0.15) is 0 Å². The molecule has 2 aromatic carbocycles. The first-order valence-corrected chi connectivity index (χ1v) is 7.59. The molecule has 0 aliphatic heterocycles. The van der Waals surface area contributed by atoms with Crippen molar-refractivity contribution in [1.82, 2.24) is 0 Å². The van der Waals surface area contributed by atoms with Crippen molar-refractivity contribution in [2.45, 2.75) is 11.8 Å². The number of fused-ring (bicyclic) bond motifs is 3. The van der Waals surface area contributed by atoms with Gasteiger partial charge >= 0.3 is 23.8 Å². The summed E-state index contributed by atoms with van der Waals surface area (Å²) >= 11 is 1.42. The third kappa shape index (κ3) is 2.70. The van der Waals surface area contributed by atoms with Crippen LogP contribution in [-0.4, -0.2) is 28.9 Å². The Morgan fingerprint density at radius 1 is 0.920 bits per heavy atom. The summed E-state index contributed by atoms with van der Waals surface area (Å²) in [6.07, 6.45) is 0. The number of aliphatic carboxylic acids is 1. The van der Waals surface area contributed by atoms with Gasteiger partial charge in [-0.25, -0.2) is 9.59 Å². The number of carbonyl (C=O) groups excluding carboxylic acids is 1. The molecule has 0 spiro atoms. The van der Waals surface area contributed by atoms with Gasteiger partial charge in [0.2, 0.25) is 0 Å². The number of carboxylic acid groups (broad SMARTS) is 1. The van der Waals surface area contributed by atoms with E-state index in [1.54, 1.807) is 12.1 Å². The van der Waals surface area contributed by atoms with Gasteiger partial charge in [0, 0.05) is 20.2 Å². The standard InChI is InChI=1S/C16H8F4O4S/c17-15(18,13(21)22)16(19,20)14(23)24-8-5-6-12-10(7-8)9-3-1-2-4-11(9)25-12/h1-7H,(H,21,22). The Bertz CT molecular complexity index is 996. The summed E-state index contributed by atoms with van der Waals surface area (Å²) in [4.78, 5) is 21.7. The fourth-order valence-electron chi connectivity index (χ4n) is 2.20. The molecule has 0 radical (unpaired) electrons. The second-order valence-corrected chi connectivity index (χ2v) is 6.18. The number of alkyl halides is 4. The minimum atomic E-state index is -5.58. The van der Waals surface area contributed by atoms with Crippen LogP contribution in [0, 0.1) is 0 Å². The Hall–Kier alpha value is -2.68. The van der Waals surface area contributed by atoms with Gasteiger partial charge in [0.1, 0.15) is 5.75 Å². The highest BCUT2D eigenvalue weighted by molar-refractivity contribution is 7.25. The molecule has 1 N–H and O–H groups in total. The molecular formula is C16H8F4O4S. The zero-order valence-electron chi connectivity index (χ0n) is 12.1. The number of hydrogen-bond donors (Lipinski definition) is 1. The molecule has 0 bridgehead atoms. The number of halogens is 4. The van der Waals surface area contributed by atoms with Crippen molar-refractivity contribution in [3.63, 3.8) is 0 Å². The first kappa shape index (κ1) is 17.2. The second-order valence-electron chi connectivity index (χ2n) is 5.10. The molecule has 0 fully saturated rings. The highest BCUT2D eigenvalue weighted by atomic mass is 32.1. The van der Waals surface area contributed by atoms with E-state index < -0.39 is 23.8 Å². The van der Waals surface area contributed by atoms with Crippen LogP contribution in [-0.2, 0) is 9.59 Å². The maximum Gasteiger partial charge on any atom is 0.416 e. The largest absolute Gasteiger partial charge is 0.477 e. The Labute approximate surface area is 141 Å². The SMILES string of the molecule is O=C(O)C(F)(F)C(F)(F)C(=O)Oc1ccc2sc3ccccc3c2c1. The zero-order chi connectivity index (χ0) is 18.4. The van der Waals surface area contributed by atoms with E-state index in [1.165, 1.54) is 29.5 Å². The van der Waals surface area contributed by atoms with Crippen molar-refractivity contribution in [3.05, 3.63) is 42.5 Å². The van der Waals surface area contributed by atoms with Crippen LogP contribution in [0.15, 0.2) is 42.5 Å². The van der Waals surface area contributed by atoms with Crippen LogP contribution in [0.2, 0.25) is 0 Å². The van der Waals surface area contributed by atoms with E-state index >= 15 is 0 Å². The molecule has 25 heavy (non-hydrogen) atoms. The van der Waals surface area contributed by atoms with Crippen molar-refractivity contribution in [2.75, 3.05) is 0 Å². The molecular weight excluding hydrogens is 364 g/mol. The van der Waals surface area contributed by atoms with E-state index in [4.69, 9.17) is 5.11 Å². The number of carboxylic acids is 1. The summed E-state index contributed by atoms with van der Waals surface area (Å²) < 4.78 is 59.0. The monoisotopic (exact) mass is 372 g/mol. The maximum absolute atomic E-state index is 13.4. The average Bonchev–Trinajstić information content (AvgIpc) is 2.92. The quantitative estimate of drug-likeness (QED) is 0.421. The predicted molar refractivity (Wildman–Crippen MR) is 82.5 cm³/mol. The van der Waals surface area contributed by atoms with Crippen LogP contribution in [0.25, 0.3) is 20.2 Å². The fraction of sp³-hybridized carbons (Fsp3) is 0.125. The molecule has 0 aliphatic rings. The molecule has 0 saturated carbocycles. The molecule has 3 rings (SSSR count). The van der Waals surface area contributed by atoms with Gasteiger partial charge in [-0.05, 0) is 24.3 Å². The Morgan fingerprint density at radius 3 is 2.24 bits per heavy atom. The summed E-state index contributed by atoms with van der Waals surface area (Å²) in [5.41, 5.74) is 0. The van der Waals surface area contributed by atoms with Gasteiger partial charge in [-0.1, -0.05) is 18.2 Å². The average molecular weight is 372 g/mol. The molecule has 130 valence electrons. The fourth-order valence-corrected chi connectivity index (χ4v) is 3.29. The number of carbonyl (C=O) groups is 2. The van der Waals surface area contributed by atoms with E-state index in [9.17, 15) is 27.2 Å². The molecule has 1 heterocycles. The summed E-state index contributed by atoms with van der Waals surface area (Å²) in [5, 5.41) is 9.56. The number of hydrogen-bond acceptors (Lipinski definition) is 4. The van der Waals surface area contributed by atoms with E-state index in [-0.39, 0.29) is 5.75 Å². The predicted octanol–water partition coefficient (Wildman–Crippen LogP) is 4.32. The van der Waals surface area contributed by atoms with E-state index in [0.29, 0.717) is 5.39 Å². The molecule has 0 atom stereocenters. The molecule has 0 amide bonds. The number of thiophene rings is 1. The molecule has 0 unspecified atom stereocenters. The van der Waals surface area contributed by atoms with E-state index in [1.807, 2.05) is 12.1 Å². The lowest BCUT2D eigenvalue weighted by molar-refractivity contribution is -0.229. The third-order valence-electron chi connectivity index (χ3n) is 3.48. The minimum Gasteiger partial charge on any atom is -0.477 e. The number of benzene rings is 2. The second kappa shape index (κ2) is 5.69. The van der Waals surface area contributed by atoms with Gasteiger partial charge in [-0.3, -0.25) is 0 Å². The highest BCUT2D eigenvalue weighted by Gasteiger charge is 2.68. The normalized spacial score (nSPS) is 12.5. The lowest BCUT2D eigenvalue weighted by Gasteiger charge is -2.20. The summed E-state index contributed by atoms with van der Waals surface area (Å²) in [6.45, 7) is 0. The lowest BCUT2D eigenvalue weighted by Crippen LogP contribution is -2.53. The van der Waals surface area contributed by atoms with Gasteiger partial charge in [0.15, 0.2) is 0 Å². The Morgan fingerprint density at radius 2 is 1.56 bits per heavy atom. The Balaban J connectivity index is 1.96. The van der Waals surface area contributed by atoms with Gasteiger partial charge in [-0.15, -0.1) is 11.3 Å². The van der Waals surface area contributed by atoms with E-state index in [0.717, 1.165) is 14.8 Å². The van der Waals surface area contributed by atoms with Crippen molar-refractivity contribution in [1.29, 1.82) is 0 Å². The molecule has 0 saturated heterocycles. The summed E-state index contributed by atoms with van der Waals surface area (Å²) in [5.74, 6) is -17.2. The van der Waals surface area contributed by atoms with Crippen molar-refractivity contribution < 1.29 is 37.0 Å². The van der Waals surface area contributed by atoms with Crippen molar-refractivity contribution in [2.24, 2.45) is 0 Å². The van der Waals surface area contributed by atoms with Crippen LogP contribution < -0.4 is 4.74 Å². The van der Waals surface area contributed by atoms with Crippen LogP contribution in [0.5, 0.6) is 5.75 Å². The van der Waals surface area contributed by atoms with Crippen LogP contribution >= 0.6 is 11.3 Å². The summed E-state index contributed by atoms with van der Waals surface area (Å²) in [7, 11) is 0. The molecule has 4 nitrogen and oxygen atoms in total. The first-order chi connectivity index (χ1) is 11.6. The van der Waals surface area contributed by atoms with E-state index in [2.05, 4.69) is 4.74 Å². The number of esters is 1. The summed E-state index contributed by atoms with van der Waals surface area (Å²) in [6, 6.07) is 11.1. The van der Waals surface area contributed by atoms with Crippen molar-refractivity contribution >= 4 is 43.4 Å². The number of rotatable bonds is 4. The van der Waals surface area contributed by atoms with Gasteiger partial charge < -0.3 is 9.84 Å². The Kier molecular flexibility index (Phi) is 3.91. The third-order valence-corrected chi connectivity index (χ3v) is 4.63. The number of ether oxygens (including phenoxy) is 1. The molecule has 3 aromatic rings. The smallest absolute Gasteiger partial charge is 0.416 e. The van der Waals surface area contributed by atoms with Gasteiger partial charge in [0.25, 0.3) is 0 Å². The minimum absolute atomic E-state index is 0.387. The maximum atomic E-state index is 13.4. The zero-order valence-corrected chi connectivity index (χ0v) is 13.0. The molecule has 1 aromatic heterocycles. The van der Waals surface area contributed by atoms with Crippen LogP contribution in [0.3, 0.4) is 0 Å². The first-order valence-electron chi connectivity index (χ1n) is 6.77. The lowest BCUT2D eigenvalue weighted by atomic mass is 10.1. The topological polar surface area (TPSA) is 63.6 Å². The molecule has 9 heteroatoms. The van der Waals surface area contributed by atoms with Gasteiger partial charge in [-0.2, -0.15) is 17.6 Å². The molecule has 0 aliphatic carbocycles. The van der Waals surface area contributed by atoms with Crippen LogP contribution in [0.4, 0.5) is 17.6 Å². The van der Waals surface area contributed by atoms with Gasteiger partial charge in [0.05, 0.1) is 0 Å². The van der Waals surface area contributed by atoms with Crippen molar-refractivity contribution in [3.8, 4) is 5.75 Å².